The first-order valence-electron chi connectivity index (χ1n) is 30.0. The molecule has 3 aliphatic heterocycles. The van der Waals surface area contributed by atoms with Crippen LogP contribution >= 0.6 is 15.9 Å². The molecule has 85 heavy (non-hydrogen) atoms. The molecule has 19 nitrogen and oxygen atoms in total. The smallest absolute Gasteiger partial charge is 0.328 e. The quantitative estimate of drug-likeness (QED) is 0.0573. The van der Waals surface area contributed by atoms with Crippen LogP contribution in [0.5, 0.6) is 0 Å². The zero-order valence-corrected chi connectivity index (χ0v) is 51.7. The van der Waals surface area contributed by atoms with E-state index < -0.39 is 11.9 Å². The normalized spacial score (nSPS) is 22.7. The Hall–Kier alpha value is -7.13. The number of urea groups is 3. The number of hydrogen-bond acceptors (Lipinski definition) is 8. The number of nitrogens with one attached hydrogen (secondary N) is 6. The number of fused-ring (bicyclic) bond motifs is 6. The van der Waals surface area contributed by atoms with Crippen molar-refractivity contribution < 1.29 is 34.2 Å². The van der Waals surface area contributed by atoms with Crippen molar-refractivity contribution in [2.45, 2.75) is 129 Å². The number of likely N-dealkylation sites (tertiary alicyclic amines) is 2. The Labute approximate surface area is 508 Å². The van der Waals surface area contributed by atoms with Gasteiger partial charge in [0, 0.05) is 158 Å². The Morgan fingerprint density at radius 2 is 1.05 bits per heavy atom. The molecule has 8 atom stereocenters. The molecule has 458 valence electrons. The average Bonchev–Trinajstić information content (AvgIpc) is 1.83. The molecule has 0 unspecified atom stereocenters. The number of carbonyl (C=O) groups is 5. The van der Waals surface area contributed by atoms with E-state index in [2.05, 4.69) is 156 Å². The molecular formula is C65H89BrN12O7. The molecule has 0 saturated carbocycles. The lowest BCUT2D eigenvalue weighted by Gasteiger charge is -2.46. The number of aromatic nitrogens is 3. The number of carbonyl (C=O) groups excluding carboxylic acids is 3. The summed E-state index contributed by atoms with van der Waals surface area (Å²) in [5.74, 6) is -1.58. The standard InChI is InChI=1S/C20H27BrN4O.C20H28N4O.C20H26N4O.C4H4O4.CH4/c1-4-25(5-2)20(26)22-12-9-14-13-7-6-8-16-18(13)15(19(21)23-16)10-17(14)24(3)11-12;2*1-4-24(5-2)20(25)22-14-10-16-15-7-6-8-17-19(15)13(11-21-17)9-18(16)23(3)12-14;5-3(6)1-2-4(7)8;/h6-8,12,14,17,23H,4-5,9-11H2,1-3H3,(H,22,26);6-8,11,14,16,18,21H,4-5,9-10,12H2,1-3H3,(H,22,25);6-8,10-11,14,18,21H,4-5,9,12H2,1-3H3,(H,22,25);1-2H,(H,5,6)(H,7,8);1H4/b;;;2-1-;/t12-,14+,17+;14-,16+,18+;14-,18+;;/m000../s1. The van der Waals surface area contributed by atoms with Gasteiger partial charge in [-0.1, -0.05) is 49.9 Å². The molecule has 2 saturated heterocycles. The Bertz CT molecular complexity index is 3390. The number of aliphatic carboxylic acids is 2. The SMILES string of the molecule is C.CCN(CC)C(=O)N[C@H]1C=C2c3cccc4[nH]cc(c34)C[C@H]2N(C)C1.CCN(CC)C(=O)N[C@H]1C[C@@H]2c3cccc4[nH]c(Br)c(c34)C[C@H]2N(C)C1.CCN(CC)C(=O)N[C@H]1C[C@@H]2c3cccc4[nH]cc(c34)C[C@H]2N(C)C1.O=C(O)/C=C\C(=O)O. The predicted octanol–water partition coefficient (Wildman–Crippen LogP) is 9.82. The van der Waals surface area contributed by atoms with Gasteiger partial charge in [-0.15, -0.1) is 0 Å². The molecule has 3 aliphatic carbocycles. The van der Waals surface area contributed by atoms with Gasteiger partial charge in [-0.3, -0.25) is 4.90 Å². The highest BCUT2D eigenvalue weighted by atomic mass is 79.9. The van der Waals surface area contributed by atoms with Gasteiger partial charge in [-0.05, 0) is 168 Å². The lowest BCUT2D eigenvalue weighted by molar-refractivity contribution is -0.134. The van der Waals surface area contributed by atoms with Gasteiger partial charge < -0.3 is 65.6 Å². The van der Waals surface area contributed by atoms with Gasteiger partial charge in [0.1, 0.15) is 0 Å². The van der Waals surface area contributed by atoms with Crippen LogP contribution in [0.4, 0.5) is 14.4 Å². The first kappa shape index (κ1) is 63.9. The molecule has 3 aromatic heterocycles. The molecule has 6 amide bonds. The maximum absolute atomic E-state index is 12.5. The van der Waals surface area contributed by atoms with Crippen molar-refractivity contribution in [2.24, 2.45) is 0 Å². The van der Waals surface area contributed by atoms with Crippen LogP contribution in [-0.2, 0) is 28.9 Å². The van der Waals surface area contributed by atoms with E-state index in [9.17, 15) is 24.0 Å². The van der Waals surface area contributed by atoms with Crippen molar-refractivity contribution in [2.75, 3.05) is 80.0 Å². The molecule has 0 bridgehead atoms. The lowest BCUT2D eigenvalue weighted by Crippen LogP contribution is -2.56. The highest BCUT2D eigenvalue weighted by Crippen LogP contribution is 2.46. The van der Waals surface area contributed by atoms with Crippen LogP contribution in [-0.4, -0.2) is 201 Å². The summed E-state index contributed by atoms with van der Waals surface area (Å²) in [6, 6.07) is 21.6. The number of piperidine rings is 2. The number of halogens is 1. The third kappa shape index (κ3) is 13.6. The topological polar surface area (TPSA) is 229 Å². The zero-order chi connectivity index (χ0) is 60.1. The second-order valence-electron chi connectivity index (χ2n) is 23.1. The van der Waals surface area contributed by atoms with Crippen LogP contribution in [0.2, 0.25) is 0 Å². The fourth-order valence-electron chi connectivity index (χ4n) is 14.1. The molecule has 6 aromatic rings. The van der Waals surface area contributed by atoms with E-state index in [-0.39, 0.29) is 43.6 Å². The van der Waals surface area contributed by atoms with Gasteiger partial charge in [0.2, 0.25) is 0 Å². The van der Waals surface area contributed by atoms with Gasteiger partial charge in [-0.25, -0.2) is 24.0 Å². The number of amides is 6. The fraction of sp³-hybridized carbons (Fsp3) is 0.492. The summed E-state index contributed by atoms with van der Waals surface area (Å²) in [7, 11) is 6.55. The number of nitrogens with zero attached hydrogens (tertiary/aromatic N) is 6. The lowest BCUT2D eigenvalue weighted by atomic mass is 9.74. The zero-order valence-electron chi connectivity index (χ0n) is 50.1. The molecule has 12 rings (SSSR count). The minimum absolute atomic E-state index is 0. The fourth-order valence-corrected chi connectivity index (χ4v) is 14.7. The van der Waals surface area contributed by atoms with Crippen molar-refractivity contribution in [1.29, 1.82) is 0 Å². The van der Waals surface area contributed by atoms with E-state index in [0.29, 0.717) is 42.1 Å². The van der Waals surface area contributed by atoms with Crippen molar-refractivity contribution in [1.82, 2.24) is 60.3 Å². The summed E-state index contributed by atoms with van der Waals surface area (Å²) in [6.45, 7) is 19.3. The summed E-state index contributed by atoms with van der Waals surface area (Å²) < 4.78 is 1.11. The predicted molar refractivity (Wildman–Crippen MR) is 343 cm³/mol. The molecule has 20 heteroatoms. The molecule has 8 N–H and O–H groups in total. The van der Waals surface area contributed by atoms with E-state index in [1.54, 1.807) is 0 Å². The molecule has 6 heterocycles. The van der Waals surface area contributed by atoms with Crippen molar-refractivity contribution in [3.8, 4) is 0 Å². The summed E-state index contributed by atoms with van der Waals surface area (Å²) in [4.78, 5) is 79.6. The minimum Gasteiger partial charge on any atom is -0.478 e. The Morgan fingerprint density at radius 3 is 1.56 bits per heavy atom. The van der Waals surface area contributed by atoms with E-state index in [1.165, 1.54) is 71.7 Å². The molecule has 3 aromatic carbocycles. The summed E-state index contributed by atoms with van der Waals surface area (Å²) >= 11 is 3.71. The molecule has 0 spiro atoms. The summed E-state index contributed by atoms with van der Waals surface area (Å²) in [5, 5.41) is 29.5. The minimum atomic E-state index is -1.26. The van der Waals surface area contributed by atoms with Crippen LogP contribution in [0.25, 0.3) is 38.3 Å². The van der Waals surface area contributed by atoms with Crippen LogP contribution in [0.15, 0.2) is 89.8 Å². The maximum Gasteiger partial charge on any atom is 0.328 e. The maximum atomic E-state index is 12.5. The van der Waals surface area contributed by atoms with Crippen molar-refractivity contribution >= 4 is 84.2 Å². The first-order valence-corrected chi connectivity index (χ1v) is 30.8. The molecule has 6 aliphatic rings. The summed E-state index contributed by atoms with van der Waals surface area (Å²) in [6.07, 6.45) is 12.9. The molecular weight excluding hydrogens is 1140 g/mol. The number of aromatic amines is 3. The van der Waals surface area contributed by atoms with Crippen molar-refractivity contribution in [3.63, 3.8) is 0 Å². The van der Waals surface area contributed by atoms with Crippen LogP contribution in [0.3, 0.4) is 0 Å². The third-order valence-electron chi connectivity index (χ3n) is 18.3. The van der Waals surface area contributed by atoms with E-state index in [0.717, 1.165) is 95.6 Å². The Balaban J connectivity index is 0.000000155. The van der Waals surface area contributed by atoms with Gasteiger partial charge in [0.25, 0.3) is 0 Å². The van der Waals surface area contributed by atoms with Crippen molar-refractivity contribution in [3.05, 3.63) is 123 Å². The number of hydrogen-bond donors (Lipinski definition) is 8. The number of carboxylic acid groups (broad SMARTS) is 2. The van der Waals surface area contributed by atoms with Crippen LogP contribution < -0.4 is 16.0 Å². The Morgan fingerprint density at radius 1 is 0.588 bits per heavy atom. The van der Waals surface area contributed by atoms with Gasteiger partial charge in [0.15, 0.2) is 0 Å². The van der Waals surface area contributed by atoms with E-state index in [4.69, 9.17) is 10.2 Å². The molecule has 2 fully saturated rings. The second kappa shape index (κ2) is 27.9. The van der Waals surface area contributed by atoms with E-state index in [1.807, 2.05) is 56.2 Å². The monoisotopic (exact) mass is 1230 g/mol. The van der Waals surface area contributed by atoms with Gasteiger partial charge in [-0.2, -0.15) is 0 Å². The van der Waals surface area contributed by atoms with Gasteiger partial charge >= 0.3 is 30.0 Å². The van der Waals surface area contributed by atoms with Gasteiger partial charge in [0.05, 0.1) is 10.6 Å². The Kier molecular flexibility index (Phi) is 21.0. The molecule has 0 radical (unpaired) electrons. The number of carboxylic acids is 2. The third-order valence-corrected chi connectivity index (χ3v) is 19.0. The highest BCUT2D eigenvalue weighted by molar-refractivity contribution is 9.10. The largest absolute Gasteiger partial charge is 0.478 e. The van der Waals surface area contributed by atoms with Crippen LogP contribution in [0, 0.1) is 0 Å². The number of benzene rings is 3. The number of H-pyrrole nitrogens is 3. The number of rotatable bonds is 11. The average molecular weight is 1230 g/mol. The number of likely N-dealkylation sites (N-methyl/N-ethyl adjacent to an activating group) is 3. The first-order chi connectivity index (χ1) is 40.4. The highest BCUT2D eigenvalue weighted by Gasteiger charge is 2.42. The second-order valence-corrected chi connectivity index (χ2v) is 23.9. The van der Waals surface area contributed by atoms with E-state index >= 15 is 0 Å². The summed E-state index contributed by atoms with van der Waals surface area (Å²) in [5.41, 5.74) is 13.4. The van der Waals surface area contributed by atoms with Crippen LogP contribution in [0.1, 0.15) is 107 Å².